The quantitative estimate of drug-likeness (QED) is 0.179. The molecule has 13 heteroatoms. The van der Waals surface area contributed by atoms with Crippen LogP contribution in [0.4, 0.5) is 16.0 Å². The highest BCUT2D eigenvalue weighted by molar-refractivity contribution is 7.22. The molecule has 11 nitrogen and oxygen atoms in total. The molecule has 0 unspecified atom stereocenters. The molecule has 4 aliphatic rings. The molecule has 0 saturated heterocycles. The number of rotatable bonds is 4. The zero-order valence-corrected chi connectivity index (χ0v) is 26.5. The van der Waals surface area contributed by atoms with Crippen LogP contribution in [0.2, 0.25) is 0 Å². The Balaban J connectivity index is 1.12. The van der Waals surface area contributed by atoms with Crippen molar-refractivity contribution in [1.82, 2.24) is 9.97 Å². The van der Waals surface area contributed by atoms with Gasteiger partial charge in [-0.3, -0.25) is 9.59 Å². The van der Waals surface area contributed by atoms with Gasteiger partial charge in [0.1, 0.15) is 32.2 Å². The highest BCUT2D eigenvalue weighted by Crippen LogP contribution is 2.48. The zero-order chi connectivity index (χ0) is 32.4. The maximum atomic E-state index is 13.6. The summed E-state index contributed by atoms with van der Waals surface area (Å²) in [7, 11) is 0. The standard InChI is InChI=1S/C35H22N4O7S2/c40-27-25(17-9-11-21(32-30(17)43-13-15-45-32)38-34-36-19-5-1-3-7-23(19)47-34)28(41)29(42)26(27)18-10-12-22(33-31(18)44-14-16-46-33)39-35-37-20-6-2-4-8-24(20)48-35/h1-12,40H,13-16H2,(H,36,38)/p+1/b26-18-,39-22-. The van der Waals surface area contributed by atoms with E-state index in [9.17, 15) is 14.7 Å². The van der Waals surface area contributed by atoms with E-state index in [1.807, 2.05) is 48.5 Å². The Morgan fingerprint density at radius 2 is 1.38 bits per heavy atom. The minimum Gasteiger partial charge on any atom is -0.506 e. The predicted molar refractivity (Wildman–Crippen MR) is 180 cm³/mol. The molecule has 0 spiro atoms. The number of aromatic nitrogens is 2. The van der Waals surface area contributed by atoms with Crippen molar-refractivity contribution in [3.63, 3.8) is 0 Å². The van der Waals surface area contributed by atoms with Gasteiger partial charge in [0, 0.05) is 11.1 Å². The Morgan fingerprint density at radius 1 is 0.708 bits per heavy atom. The van der Waals surface area contributed by atoms with Crippen molar-refractivity contribution >= 4 is 81.9 Å². The molecule has 0 saturated carbocycles. The molecule has 0 atom stereocenters. The van der Waals surface area contributed by atoms with Gasteiger partial charge >= 0.3 is 5.13 Å². The van der Waals surface area contributed by atoms with E-state index in [1.165, 1.54) is 22.7 Å². The molecule has 3 aromatic carbocycles. The Hall–Kier alpha value is -5.79. The molecule has 0 radical (unpaired) electrons. The highest BCUT2D eigenvalue weighted by Gasteiger charge is 2.43. The highest BCUT2D eigenvalue weighted by atomic mass is 32.1. The van der Waals surface area contributed by atoms with Crippen LogP contribution in [0.25, 0.3) is 26.0 Å². The number of ether oxygens (including phenoxy) is 4. The van der Waals surface area contributed by atoms with Crippen molar-refractivity contribution < 1.29 is 38.6 Å². The summed E-state index contributed by atoms with van der Waals surface area (Å²) in [4.78, 5) is 39.8. The minimum atomic E-state index is -0.868. The Kier molecular flexibility index (Phi) is 6.62. The van der Waals surface area contributed by atoms with Crippen molar-refractivity contribution in [2.75, 3.05) is 31.7 Å². The van der Waals surface area contributed by atoms with Crippen molar-refractivity contribution in [3.8, 4) is 11.5 Å². The second-order valence-electron chi connectivity index (χ2n) is 11.0. The van der Waals surface area contributed by atoms with Gasteiger partial charge in [-0.1, -0.05) is 35.6 Å². The van der Waals surface area contributed by atoms with Crippen LogP contribution in [0.5, 0.6) is 11.5 Å². The molecule has 2 aliphatic carbocycles. The molecule has 236 valence electrons. The largest absolute Gasteiger partial charge is 0.506 e. The van der Waals surface area contributed by atoms with E-state index in [-0.39, 0.29) is 60.2 Å². The van der Waals surface area contributed by atoms with Crippen LogP contribution >= 0.6 is 22.7 Å². The summed E-state index contributed by atoms with van der Waals surface area (Å²) in [5, 5.41) is 16.2. The summed E-state index contributed by atoms with van der Waals surface area (Å²) in [6, 6.07) is 18.9. The van der Waals surface area contributed by atoms with E-state index < -0.39 is 17.3 Å². The molecule has 9 rings (SSSR count). The minimum absolute atomic E-state index is 0.176. The van der Waals surface area contributed by atoms with Crippen molar-refractivity contribution in [3.05, 3.63) is 107 Å². The molecular weight excluding hydrogens is 653 g/mol. The van der Waals surface area contributed by atoms with Gasteiger partial charge in [-0.05, 0) is 64.9 Å². The number of fused-ring (bicyclic) bond motifs is 3. The third-order valence-electron chi connectivity index (χ3n) is 8.12. The van der Waals surface area contributed by atoms with Gasteiger partial charge in [0.25, 0.3) is 0 Å². The van der Waals surface area contributed by atoms with Crippen LogP contribution in [0.15, 0.2) is 101 Å². The monoisotopic (exact) mass is 675 g/mol. The number of thiazole rings is 2. The molecule has 4 heterocycles. The molecule has 3 N–H and O–H groups in total. The molecule has 48 heavy (non-hydrogen) atoms. The summed E-state index contributed by atoms with van der Waals surface area (Å²) in [6.07, 6.45) is 3.34. The van der Waals surface area contributed by atoms with E-state index in [1.54, 1.807) is 24.3 Å². The Morgan fingerprint density at radius 3 is 2.15 bits per heavy atom. The number of carbonyl (C=O) groups excluding carboxylic acids is 2. The molecular formula is C35H23N4O7S2+. The number of nitrogens with one attached hydrogen (secondary N) is 2. The third kappa shape index (κ3) is 4.58. The number of aliphatic hydroxyl groups is 1. The van der Waals surface area contributed by atoms with Crippen LogP contribution in [-0.4, -0.2) is 58.8 Å². The summed E-state index contributed by atoms with van der Waals surface area (Å²) in [5.74, 6) is -1.02. The number of hydrogen-bond acceptors (Lipinski definition) is 12. The maximum absolute atomic E-state index is 13.6. The van der Waals surface area contributed by atoms with Crippen molar-refractivity contribution in [1.29, 1.82) is 0 Å². The number of Topliss-reactive ketones (excluding diaryl/α,β-unsaturated/α-hetero) is 2. The fourth-order valence-corrected chi connectivity index (χ4v) is 7.77. The number of aliphatic hydroxyl groups excluding tert-OH is 1. The number of benzene rings is 3. The van der Waals surface area contributed by atoms with Crippen LogP contribution in [-0.2, 0) is 19.1 Å². The van der Waals surface area contributed by atoms with Crippen molar-refractivity contribution in [2.24, 2.45) is 0 Å². The first-order valence-corrected chi connectivity index (χ1v) is 16.7. The average molecular weight is 676 g/mol. The zero-order valence-electron chi connectivity index (χ0n) is 24.9. The first-order chi connectivity index (χ1) is 23.5. The number of allylic oxidation sites excluding steroid dienone is 4. The van der Waals surface area contributed by atoms with Crippen LogP contribution in [0.1, 0.15) is 5.56 Å². The van der Waals surface area contributed by atoms with E-state index in [0.717, 1.165) is 20.4 Å². The lowest BCUT2D eigenvalue weighted by molar-refractivity contribution is -0.353. The van der Waals surface area contributed by atoms with Gasteiger partial charge < -0.3 is 29.4 Å². The lowest BCUT2D eigenvalue weighted by Gasteiger charge is -2.25. The van der Waals surface area contributed by atoms with Crippen molar-refractivity contribution in [2.45, 2.75) is 0 Å². The molecule has 0 bridgehead atoms. The molecule has 5 aromatic rings. The van der Waals surface area contributed by atoms with Gasteiger partial charge in [0.15, 0.2) is 33.6 Å². The SMILES string of the molecule is O=C1C(=O)/C(=C2C=C/C(=[NH+]/c3nc4ccccc4s3)C3=C/2OCCO3)C(O)=C1c1ccc(Nc2nc3ccccc3s2)c2c1OCCO2. The Labute approximate surface area is 279 Å². The fourth-order valence-electron chi connectivity index (χ4n) is 6.01. The number of para-hydroxylation sites is 2. The molecule has 2 aliphatic heterocycles. The predicted octanol–water partition coefficient (Wildman–Crippen LogP) is 4.82. The number of ketones is 2. The number of anilines is 2. The second kappa shape index (κ2) is 11.2. The van der Waals surface area contributed by atoms with Crippen LogP contribution < -0.4 is 19.8 Å². The average Bonchev–Trinajstić information content (AvgIpc) is 3.78. The first-order valence-electron chi connectivity index (χ1n) is 15.0. The van der Waals surface area contributed by atoms with Gasteiger partial charge in [-0.2, -0.15) is 0 Å². The van der Waals surface area contributed by atoms with Crippen LogP contribution in [0, 0.1) is 0 Å². The summed E-state index contributed by atoms with van der Waals surface area (Å²) in [6.45, 7) is 1.00. The molecule has 0 fully saturated rings. The summed E-state index contributed by atoms with van der Waals surface area (Å²) >= 11 is 2.97. The number of hydrogen-bond donors (Lipinski definition) is 3. The van der Waals surface area contributed by atoms with E-state index in [0.29, 0.717) is 33.2 Å². The topological polar surface area (TPSA) is 143 Å². The van der Waals surface area contributed by atoms with E-state index in [4.69, 9.17) is 18.9 Å². The lowest BCUT2D eigenvalue weighted by Crippen LogP contribution is -2.67. The van der Waals surface area contributed by atoms with Gasteiger partial charge in [-0.25, -0.2) is 9.98 Å². The maximum Gasteiger partial charge on any atom is 0.381 e. The van der Waals surface area contributed by atoms with Crippen LogP contribution in [0.3, 0.4) is 0 Å². The third-order valence-corrected chi connectivity index (χ3v) is 10.0. The first kappa shape index (κ1) is 28.4. The summed E-state index contributed by atoms with van der Waals surface area (Å²) < 4.78 is 26.1. The number of carbonyl (C=O) groups is 2. The summed E-state index contributed by atoms with van der Waals surface area (Å²) in [5.41, 5.74) is 3.00. The Bertz CT molecular complexity index is 2330. The van der Waals surface area contributed by atoms with Gasteiger partial charge in [-0.15, -0.1) is 0 Å². The van der Waals surface area contributed by atoms with E-state index >= 15 is 0 Å². The van der Waals surface area contributed by atoms with E-state index in [2.05, 4.69) is 20.3 Å². The second-order valence-corrected chi connectivity index (χ2v) is 13.1. The molecule has 0 amide bonds. The fraction of sp³-hybridized carbons (Fsp3) is 0.114. The van der Waals surface area contributed by atoms with Gasteiger partial charge in [0.05, 0.1) is 31.8 Å². The molecule has 2 aromatic heterocycles. The van der Waals surface area contributed by atoms with Gasteiger partial charge in [0.2, 0.25) is 17.3 Å². The lowest BCUT2D eigenvalue weighted by atomic mass is 9.96. The number of nitrogens with zero attached hydrogens (tertiary/aromatic N) is 2. The smallest absolute Gasteiger partial charge is 0.381 e. The normalized spacial score (nSPS) is 19.7.